The second-order valence-electron chi connectivity index (χ2n) is 5.74. The molecule has 1 aromatic heterocycles. The number of hydrogen-bond acceptors (Lipinski definition) is 5. The lowest BCUT2D eigenvalue weighted by Crippen LogP contribution is -2.46. The smallest absolute Gasteiger partial charge is 0.433 e. The number of nitrogens with one attached hydrogen (secondary N) is 2. The number of anilines is 1. The summed E-state index contributed by atoms with van der Waals surface area (Å²) in [6.07, 6.45) is -4.69. The minimum atomic E-state index is -4.69. The Morgan fingerprint density at radius 2 is 1.96 bits per heavy atom. The molecule has 0 saturated carbocycles. The number of rotatable bonds is 5. The van der Waals surface area contributed by atoms with E-state index < -0.39 is 29.9 Å². The molecule has 2 rings (SSSR count). The number of halogens is 4. The predicted octanol–water partition coefficient (Wildman–Crippen LogP) is 2.31. The summed E-state index contributed by atoms with van der Waals surface area (Å²) < 4.78 is 42.3. The molecule has 0 bridgehead atoms. The zero-order valence-corrected chi connectivity index (χ0v) is 14.7. The maximum atomic E-state index is 12.6. The third-order valence-electron chi connectivity index (χ3n) is 3.36. The van der Waals surface area contributed by atoms with E-state index in [4.69, 9.17) is 5.73 Å². The quantitative estimate of drug-likeness (QED) is 0.720. The van der Waals surface area contributed by atoms with Crippen LogP contribution >= 0.6 is 12.4 Å². The summed E-state index contributed by atoms with van der Waals surface area (Å²) in [5.74, 6) is -2.46. The standard InChI is InChI=1S/C15H17F3N4O3.ClH/c1-7(2)12(19)13(24)20-6-11(23)21-8-3-4-10-9(5-8)22-14(25-10)15(16,17)18;/h3-5,7,12H,6,19H2,1-2H3,(H,20,24)(H,21,23);1H/t12-;/m0./s1. The number of hydrogen-bond donors (Lipinski definition) is 3. The van der Waals surface area contributed by atoms with Gasteiger partial charge in [0.15, 0.2) is 5.58 Å². The number of carbonyl (C=O) groups excluding carboxylic acids is 2. The third kappa shape index (κ3) is 5.33. The molecular weight excluding hydrogens is 377 g/mol. The van der Waals surface area contributed by atoms with Gasteiger partial charge in [0.05, 0.1) is 12.6 Å². The van der Waals surface area contributed by atoms with Gasteiger partial charge in [-0.1, -0.05) is 13.8 Å². The Balaban J connectivity index is 0.00000338. The third-order valence-corrected chi connectivity index (χ3v) is 3.36. The topological polar surface area (TPSA) is 110 Å². The van der Waals surface area contributed by atoms with E-state index in [9.17, 15) is 22.8 Å². The van der Waals surface area contributed by atoms with Crippen LogP contribution in [0.4, 0.5) is 18.9 Å². The van der Waals surface area contributed by atoms with Crippen LogP contribution < -0.4 is 16.4 Å². The zero-order chi connectivity index (χ0) is 18.8. The van der Waals surface area contributed by atoms with E-state index in [1.807, 2.05) is 0 Å². The number of benzene rings is 1. The first kappa shape index (κ1) is 21.7. The van der Waals surface area contributed by atoms with E-state index in [1.54, 1.807) is 13.8 Å². The molecule has 1 heterocycles. The molecule has 26 heavy (non-hydrogen) atoms. The van der Waals surface area contributed by atoms with E-state index in [-0.39, 0.29) is 41.7 Å². The predicted molar refractivity (Wildman–Crippen MR) is 90.7 cm³/mol. The maximum absolute atomic E-state index is 12.6. The molecule has 144 valence electrons. The second-order valence-corrected chi connectivity index (χ2v) is 5.74. The Morgan fingerprint density at radius 3 is 2.54 bits per heavy atom. The van der Waals surface area contributed by atoms with Crippen molar-refractivity contribution >= 4 is 41.0 Å². The first-order valence-electron chi connectivity index (χ1n) is 7.39. The van der Waals surface area contributed by atoms with Gasteiger partial charge in [0.25, 0.3) is 0 Å². The Labute approximate surface area is 152 Å². The number of oxazole rings is 1. The van der Waals surface area contributed by atoms with E-state index >= 15 is 0 Å². The van der Waals surface area contributed by atoms with Crippen molar-refractivity contribution in [1.29, 1.82) is 0 Å². The summed E-state index contributed by atoms with van der Waals surface area (Å²) in [4.78, 5) is 26.8. The summed E-state index contributed by atoms with van der Waals surface area (Å²) in [6, 6.07) is 3.14. The van der Waals surface area contributed by atoms with Gasteiger partial charge in [-0.15, -0.1) is 12.4 Å². The molecule has 0 aliphatic heterocycles. The fourth-order valence-corrected chi connectivity index (χ4v) is 1.92. The van der Waals surface area contributed by atoms with Gasteiger partial charge in [0.1, 0.15) is 5.52 Å². The summed E-state index contributed by atoms with van der Waals surface area (Å²) in [5, 5.41) is 4.83. The van der Waals surface area contributed by atoms with Crippen LogP contribution in [-0.4, -0.2) is 29.4 Å². The highest BCUT2D eigenvalue weighted by molar-refractivity contribution is 5.96. The van der Waals surface area contributed by atoms with Gasteiger partial charge in [-0.05, 0) is 24.1 Å². The Morgan fingerprint density at radius 1 is 1.31 bits per heavy atom. The molecule has 0 saturated heterocycles. The molecule has 2 aromatic rings. The average Bonchev–Trinajstić information content (AvgIpc) is 2.95. The van der Waals surface area contributed by atoms with Crippen LogP contribution in [0.2, 0.25) is 0 Å². The largest absolute Gasteiger partial charge is 0.468 e. The van der Waals surface area contributed by atoms with Crippen molar-refractivity contribution in [2.45, 2.75) is 26.1 Å². The van der Waals surface area contributed by atoms with Crippen molar-refractivity contribution < 1.29 is 27.2 Å². The number of nitrogens with zero attached hydrogens (tertiary/aromatic N) is 1. The van der Waals surface area contributed by atoms with Gasteiger partial charge in [-0.3, -0.25) is 9.59 Å². The molecule has 7 nitrogen and oxygen atoms in total. The minimum absolute atomic E-state index is 0. The van der Waals surface area contributed by atoms with Crippen LogP contribution in [0.3, 0.4) is 0 Å². The minimum Gasteiger partial charge on any atom is -0.433 e. The van der Waals surface area contributed by atoms with Gasteiger partial charge in [-0.25, -0.2) is 4.98 Å². The fourth-order valence-electron chi connectivity index (χ4n) is 1.92. The van der Waals surface area contributed by atoms with E-state index in [2.05, 4.69) is 20.0 Å². The zero-order valence-electron chi connectivity index (χ0n) is 13.9. The summed E-state index contributed by atoms with van der Waals surface area (Å²) in [5.41, 5.74) is 5.77. The molecule has 0 aliphatic rings. The van der Waals surface area contributed by atoms with Crippen molar-refractivity contribution in [2.75, 3.05) is 11.9 Å². The number of nitrogens with two attached hydrogens (primary N) is 1. The summed E-state index contributed by atoms with van der Waals surface area (Å²) in [7, 11) is 0. The molecule has 0 spiro atoms. The summed E-state index contributed by atoms with van der Waals surface area (Å²) >= 11 is 0. The first-order chi connectivity index (χ1) is 11.6. The molecule has 0 fully saturated rings. The van der Waals surface area contributed by atoms with Crippen molar-refractivity contribution in [2.24, 2.45) is 11.7 Å². The lowest BCUT2D eigenvalue weighted by atomic mass is 10.1. The Kier molecular flexibility index (Phi) is 6.99. The van der Waals surface area contributed by atoms with Crippen LogP contribution in [-0.2, 0) is 15.8 Å². The van der Waals surface area contributed by atoms with E-state index in [0.29, 0.717) is 0 Å². The van der Waals surface area contributed by atoms with Crippen LogP contribution in [0.1, 0.15) is 19.7 Å². The van der Waals surface area contributed by atoms with Gasteiger partial charge in [0, 0.05) is 5.69 Å². The maximum Gasteiger partial charge on any atom is 0.468 e. The molecule has 0 radical (unpaired) electrons. The highest BCUT2D eigenvalue weighted by Crippen LogP contribution is 2.31. The fraction of sp³-hybridized carbons (Fsp3) is 0.400. The van der Waals surface area contributed by atoms with E-state index in [0.717, 1.165) is 0 Å². The normalized spacial score (nSPS) is 12.6. The Hall–Kier alpha value is -2.33. The molecule has 2 amide bonds. The number of alkyl halides is 3. The molecule has 4 N–H and O–H groups in total. The number of carbonyl (C=O) groups is 2. The van der Waals surface area contributed by atoms with Crippen molar-refractivity contribution in [3.05, 3.63) is 24.1 Å². The molecule has 0 unspecified atom stereocenters. The molecule has 0 aliphatic carbocycles. The first-order valence-corrected chi connectivity index (χ1v) is 7.39. The highest BCUT2D eigenvalue weighted by Gasteiger charge is 2.37. The number of fused-ring (bicyclic) bond motifs is 1. The number of aromatic nitrogens is 1. The molecule has 1 atom stereocenters. The highest BCUT2D eigenvalue weighted by atomic mass is 35.5. The Bertz CT molecular complexity index is 792. The van der Waals surface area contributed by atoms with Crippen LogP contribution in [0, 0.1) is 5.92 Å². The SMILES string of the molecule is CC(C)[C@H](N)C(=O)NCC(=O)Nc1ccc2oc(C(F)(F)F)nc2c1.Cl. The van der Waals surface area contributed by atoms with Gasteiger partial charge >= 0.3 is 12.1 Å². The monoisotopic (exact) mass is 394 g/mol. The van der Waals surface area contributed by atoms with Gasteiger partial charge in [-0.2, -0.15) is 13.2 Å². The summed E-state index contributed by atoms with van der Waals surface area (Å²) in [6.45, 7) is 3.23. The lowest BCUT2D eigenvalue weighted by molar-refractivity contribution is -0.156. The van der Waals surface area contributed by atoms with Gasteiger partial charge in [0.2, 0.25) is 11.8 Å². The lowest BCUT2D eigenvalue weighted by Gasteiger charge is -2.15. The second kappa shape index (κ2) is 8.37. The molecule has 11 heteroatoms. The molecular formula is C15H18ClF3N4O3. The van der Waals surface area contributed by atoms with Crippen LogP contribution in [0.15, 0.2) is 22.6 Å². The van der Waals surface area contributed by atoms with Gasteiger partial charge < -0.3 is 20.8 Å². The molecule has 1 aromatic carbocycles. The van der Waals surface area contributed by atoms with Crippen LogP contribution in [0.5, 0.6) is 0 Å². The van der Waals surface area contributed by atoms with Crippen LogP contribution in [0.25, 0.3) is 11.1 Å². The van der Waals surface area contributed by atoms with E-state index in [1.165, 1.54) is 18.2 Å². The van der Waals surface area contributed by atoms with Crippen molar-refractivity contribution in [3.63, 3.8) is 0 Å². The van der Waals surface area contributed by atoms with Crippen molar-refractivity contribution in [3.8, 4) is 0 Å². The average molecular weight is 395 g/mol. The van der Waals surface area contributed by atoms with Crippen molar-refractivity contribution in [1.82, 2.24) is 10.3 Å². The number of amides is 2.